The minimum atomic E-state index is -1.69. The van der Waals surface area contributed by atoms with Crippen LogP contribution in [0.4, 0.5) is 4.79 Å². The average molecular weight is 190 g/mol. The topological polar surface area (TPSA) is 98.7 Å². The molecule has 0 fully saturated rings. The summed E-state index contributed by atoms with van der Waals surface area (Å²) in [7, 11) is 0. The van der Waals surface area contributed by atoms with Crippen molar-refractivity contribution in [2.24, 2.45) is 0 Å². The summed E-state index contributed by atoms with van der Waals surface area (Å²) in [5, 5.41) is 19.5. The molecule has 0 heterocycles. The maximum absolute atomic E-state index is 10.5. The normalized spacial score (nSPS) is 7.79. The van der Waals surface area contributed by atoms with Crippen molar-refractivity contribution in [1.29, 1.82) is 0 Å². The van der Waals surface area contributed by atoms with E-state index in [4.69, 9.17) is 0 Å². The van der Waals surface area contributed by atoms with Gasteiger partial charge in [0.1, 0.15) is 0 Å². The first-order chi connectivity index (χ1) is 5.66. The van der Waals surface area contributed by atoms with Gasteiger partial charge in [0, 0.05) is 6.61 Å². The number of ether oxygens (including phenoxy) is 2. The smallest absolute Gasteiger partial charge is 0.852 e. The Bertz CT molecular complexity index is 162. The molecular formula is C6H8Li2O6. The summed E-state index contributed by atoms with van der Waals surface area (Å²) in [6.45, 7) is -1.02. The molecule has 0 spiro atoms. The first-order valence-electron chi connectivity index (χ1n) is 3.24. The molecule has 0 atom stereocenters. The summed E-state index contributed by atoms with van der Waals surface area (Å²) in [5.41, 5.74) is 0. The second kappa shape index (κ2) is 12.9. The third kappa shape index (κ3) is 14.4. The number of hydrogen-bond acceptors (Lipinski definition) is 6. The van der Waals surface area contributed by atoms with Crippen molar-refractivity contribution in [3.8, 4) is 0 Å². The van der Waals surface area contributed by atoms with Crippen molar-refractivity contribution in [2.75, 3.05) is 19.8 Å². The van der Waals surface area contributed by atoms with Crippen molar-refractivity contribution < 1.29 is 67.0 Å². The van der Waals surface area contributed by atoms with Crippen LogP contribution in [0.2, 0.25) is 0 Å². The van der Waals surface area contributed by atoms with E-state index in [1.54, 1.807) is 0 Å². The molecule has 0 amide bonds. The SMILES string of the molecule is O=C([O-])OCCC(=O)OCC[O-].[Li+].[Li+]. The van der Waals surface area contributed by atoms with E-state index >= 15 is 0 Å². The Morgan fingerprint density at radius 1 is 1.07 bits per heavy atom. The fourth-order valence-electron chi connectivity index (χ4n) is 0.445. The van der Waals surface area contributed by atoms with E-state index in [0.29, 0.717) is 0 Å². The second-order valence-electron chi connectivity index (χ2n) is 1.77. The van der Waals surface area contributed by atoms with Crippen LogP contribution in [0.5, 0.6) is 0 Å². The molecular weight excluding hydrogens is 182 g/mol. The molecule has 0 radical (unpaired) electrons. The number of carbonyl (C=O) groups excluding carboxylic acids is 2. The number of esters is 1. The molecule has 0 aliphatic heterocycles. The van der Waals surface area contributed by atoms with Gasteiger partial charge in [0.2, 0.25) is 0 Å². The van der Waals surface area contributed by atoms with Gasteiger partial charge in [-0.2, -0.15) is 0 Å². The zero-order valence-electron chi connectivity index (χ0n) is 8.28. The largest absolute Gasteiger partial charge is 1.00 e. The molecule has 70 valence electrons. The number of rotatable bonds is 5. The average Bonchev–Trinajstić information content (AvgIpc) is 2.00. The van der Waals surface area contributed by atoms with Gasteiger partial charge in [-0.05, 0) is 0 Å². The van der Waals surface area contributed by atoms with Crippen LogP contribution in [-0.4, -0.2) is 31.9 Å². The van der Waals surface area contributed by atoms with Gasteiger partial charge in [-0.25, -0.2) is 0 Å². The fourth-order valence-corrected chi connectivity index (χ4v) is 0.445. The molecule has 0 aliphatic rings. The fraction of sp³-hybridized carbons (Fsp3) is 0.667. The van der Waals surface area contributed by atoms with Crippen LogP contribution >= 0.6 is 0 Å². The van der Waals surface area contributed by atoms with Gasteiger partial charge in [0.25, 0.3) is 6.16 Å². The van der Waals surface area contributed by atoms with Crippen LogP contribution < -0.4 is 47.9 Å². The third-order valence-electron chi connectivity index (χ3n) is 0.872. The zero-order chi connectivity index (χ0) is 9.40. The molecule has 0 N–H and O–H groups in total. The van der Waals surface area contributed by atoms with E-state index in [1.807, 2.05) is 0 Å². The van der Waals surface area contributed by atoms with Crippen molar-refractivity contribution in [2.45, 2.75) is 6.42 Å². The summed E-state index contributed by atoms with van der Waals surface area (Å²) in [6.07, 6.45) is -1.89. The molecule has 0 aromatic carbocycles. The first-order valence-corrected chi connectivity index (χ1v) is 3.24. The number of carbonyl (C=O) groups is 2. The molecule has 0 bridgehead atoms. The van der Waals surface area contributed by atoms with Crippen molar-refractivity contribution in [3.05, 3.63) is 0 Å². The van der Waals surface area contributed by atoms with E-state index in [2.05, 4.69) is 9.47 Å². The third-order valence-corrected chi connectivity index (χ3v) is 0.872. The summed E-state index contributed by atoms with van der Waals surface area (Å²) >= 11 is 0. The molecule has 6 nitrogen and oxygen atoms in total. The van der Waals surface area contributed by atoms with E-state index < -0.39 is 18.7 Å². The number of carboxylic acid groups (broad SMARTS) is 1. The molecule has 8 heteroatoms. The molecule has 0 saturated heterocycles. The monoisotopic (exact) mass is 190 g/mol. The molecule has 0 rings (SSSR count). The molecule has 0 aromatic rings. The maximum atomic E-state index is 10.5. The Hall–Kier alpha value is -0.105. The maximum Gasteiger partial charge on any atom is 1.00 e. The van der Waals surface area contributed by atoms with Crippen molar-refractivity contribution in [3.63, 3.8) is 0 Å². The van der Waals surface area contributed by atoms with Gasteiger partial charge in [-0.3, -0.25) is 4.79 Å². The standard InChI is InChI=1S/C6H9O6.2Li/c7-2-4-11-5(8)1-3-12-6(9)10;;/h1-4H2,(H,9,10);;/q-1;2*+1/p-1. The molecule has 0 aromatic heterocycles. The van der Waals surface area contributed by atoms with E-state index in [1.165, 1.54) is 0 Å². The van der Waals surface area contributed by atoms with Gasteiger partial charge in [-0.1, -0.05) is 0 Å². The summed E-state index contributed by atoms with van der Waals surface area (Å²) in [6, 6.07) is 0. The van der Waals surface area contributed by atoms with Gasteiger partial charge in [0.15, 0.2) is 0 Å². The van der Waals surface area contributed by atoms with Crippen LogP contribution in [0, 0.1) is 0 Å². The van der Waals surface area contributed by atoms with Gasteiger partial charge in [0.05, 0.1) is 13.0 Å². The zero-order valence-corrected chi connectivity index (χ0v) is 8.28. The van der Waals surface area contributed by atoms with Gasteiger partial charge < -0.3 is 24.5 Å². The van der Waals surface area contributed by atoms with Gasteiger partial charge >= 0.3 is 43.7 Å². The summed E-state index contributed by atoms with van der Waals surface area (Å²) in [4.78, 5) is 20.2. The molecule has 0 unspecified atom stereocenters. The van der Waals surface area contributed by atoms with E-state index in [-0.39, 0.29) is 57.4 Å². The summed E-state index contributed by atoms with van der Waals surface area (Å²) < 4.78 is 8.25. The number of hydrogen-bond donors (Lipinski definition) is 0. The molecule has 0 saturated carbocycles. The Kier molecular flexibility index (Phi) is 17.9. The summed E-state index contributed by atoms with van der Waals surface area (Å²) in [5.74, 6) is -0.660. The van der Waals surface area contributed by atoms with Crippen LogP contribution in [0.1, 0.15) is 6.42 Å². The minimum absolute atomic E-state index is 0. The predicted molar refractivity (Wildman–Crippen MR) is 31.8 cm³/mol. The van der Waals surface area contributed by atoms with Gasteiger partial charge in [-0.15, -0.1) is 6.61 Å². The second-order valence-corrected chi connectivity index (χ2v) is 1.77. The first kappa shape index (κ1) is 19.5. The Morgan fingerprint density at radius 2 is 1.64 bits per heavy atom. The molecule has 0 aliphatic carbocycles. The van der Waals surface area contributed by atoms with E-state index in [0.717, 1.165) is 0 Å². The molecule has 14 heavy (non-hydrogen) atoms. The predicted octanol–water partition coefficient (Wildman–Crippen LogP) is -8.35. The van der Waals surface area contributed by atoms with Crippen molar-refractivity contribution in [1.82, 2.24) is 0 Å². The Balaban J connectivity index is -0.000000605. The quantitative estimate of drug-likeness (QED) is 0.315. The minimum Gasteiger partial charge on any atom is -0.852 e. The van der Waals surface area contributed by atoms with E-state index in [9.17, 15) is 19.8 Å². The van der Waals surface area contributed by atoms with Crippen LogP contribution in [0.15, 0.2) is 0 Å². The van der Waals surface area contributed by atoms with Crippen LogP contribution in [-0.2, 0) is 14.3 Å². The van der Waals surface area contributed by atoms with Crippen LogP contribution in [0.25, 0.3) is 0 Å². The van der Waals surface area contributed by atoms with Crippen molar-refractivity contribution >= 4 is 12.1 Å². The Morgan fingerprint density at radius 3 is 2.07 bits per heavy atom. The van der Waals surface area contributed by atoms with Crippen LogP contribution in [0.3, 0.4) is 0 Å². The Labute approximate surface area is 105 Å².